The predicted octanol–water partition coefficient (Wildman–Crippen LogP) is 3.30. The number of halogens is 1. The zero-order valence-electron chi connectivity index (χ0n) is 10.2. The molecule has 0 N–H and O–H groups in total. The molecule has 0 radical (unpaired) electrons. The van der Waals surface area contributed by atoms with Gasteiger partial charge in [-0.05, 0) is 39.3 Å². The predicted molar refractivity (Wildman–Crippen MR) is 68.2 cm³/mol. The molecule has 5 heteroatoms. The summed E-state index contributed by atoms with van der Waals surface area (Å²) >= 11 is 5.84. The van der Waals surface area contributed by atoms with E-state index in [0.717, 1.165) is 0 Å². The highest BCUT2D eigenvalue weighted by molar-refractivity contribution is 6.70. The lowest BCUT2D eigenvalue weighted by atomic mass is 10.4. The van der Waals surface area contributed by atoms with Crippen LogP contribution >= 0.6 is 11.6 Å². The summed E-state index contributed by atoms with van der Waals surface area (Å²) in [4.78, 5) is 0. The van der Waals surface area contributed by atoms with Crippen molar-refractivity contribution in [1.82, 2.24) is 0 Å². The Labute approximate surface area is 95.2 Å². The van der Waals surface area contributed by atoms with Crippen LogP contribution in [0.25, 0.3) is 0 Å². The fourth-order valence-corrected chi connectivity index (χ4v) is 3.05. The minimum absolute atomic E-state index is 0.0649. The Morgan fingerprint density at radius 3 is 1.79 bits per heavy atom. The van der Waals surface area contributed by atoms with Crippen molar-refractivity contribution < 1.29 is 8.85 Å². The SMILES string of the molecule is C[Si](C)(C)OCC(CCl)O[Si](C)(C)C. The van der Waals surface area contributed by atoms with Crippen molar-refractivity contribution in [2.24, 2.45) is 0 Å². The number of rotatable bonds is 6. The highest BCUT2D eigenvalue weighted by Gasteiger charge is 2.23. The Balaban J connectivity index is 3.93. The minimum atomic E-state index is -1.49. The number of hydrogen-bond donors (Lipinski definition) is 0. The van der Waals surface area contributed by atoms with Gasteiger partial charge in [-0.25, -0.2) is 0 Å². The van der Waals surface area contributed by atoms with E-state index in [2.05, 4.69) is 39.3 Å². The van der Waals surface area contributed by atoms with Gasteiger partial charge >= 0.3 is 0 Å². The topological polar surface area (TPSA) is 18.5 Å². The molecular formula is C9H23ClO2Si2. The molecule has 0 aliphatic rings. The molecule has 86 valence electrons. The molecule has 0 bridgehead atoms. The van der Waals surface area contributed by atoms with Crippen LogP contribution in [-0.2, 0) is 8.85 Å². The van der Waals surface area contributed by atoms with E-state index < -0.39 is 16.6 Å². The zero-order valence-corrected chi connectivity index (χ0v) is 12.9. The molecular weight excluding hydrogens is 232 g/mol. The summed E-state index contributed by atoms with van der Waals surface area (Å²) in [6.45, 7) is 13.7. The summed E-state index contributed by atoms with van der Waals surface area (Å²) in [6.07, 6.45) is 0.0649. The molecule has 0 aromatic carbocycles. The van der Waals surface area contributed by atoms with E-state index in [1.54, 1.807) is 0 Å². The van der Waals surface area contributed by atoms with E-state index in [0.29, 0.717) is 12.5 Å². The van der Waals surface area contributed by atoms with E-state index in [1.165, 1.54) is 0 Å². The second-order valence-corrected chi connectivity index (χ2v) is 14.7. The van der Waals surface area contributed by atoms with Crippen LogP contribution in [0.2, 0.25) is 39.3 Å². The van der Waals surface area contributed by atoms with Gasteiger partial charge < -0.3 is 8.85 Å². The van der Waals surface area contributed by atoms with Crippen molar-refractivity contribution in [1.29, 1.82) is 0 Å². The third-order valence-corrected chi connectivity index (χ3v) is 3.81. The van der Waals surface area contributed by atoms with Crippen molar-refractivity contribution in [3.05, 3.63) is 0 Å². The summed E-state index contributed by atoms with van der Waals surface area (Å²) in [5.74, 6) is 0.523. The summed E-state index contributed by atoms with van der Waals surface area (Å²) in [7, 11) is -2.92. The lowest BCUT2D eigenvalue weighted by Crippen LogP contribution is -2.38. The third-order valence-electron chi connectivity index (χ3n) is 1.39. The van der Waals surface area contributed by atoms with Crippen LogP contribution in [0.3, 0.4) is 0 Å². The Hall–Kier alpha value is 0.644. The van der Waals surface area contributed by atoms with Crippen molar-refractivity contribution in [3.8, 4) is 0 Å². The van der Waals surface area contributed by atoms with Crippen LogP contribution in [0.5, 0.6) is 0 Å². The molecule has 0 rings (SSSR count). The maximum Gasteiger partial charge on any atom is 0.184 e. The molecule has 14 heavy (non-hydrogen) atoms. The molecule has 2 nitrogen and oxygen atoms in total. The van der Waals surface area contributed by atoms with Crippen LogP contribution in [0.4, 0.5) is 0 Å². The van der Waals surface area contributed by atoms with Gasteiger partial charge in [-0.2, -0.15) is 0 Å². The fraction of sp³-hybridized carbons (Fsp3) is 1.00. The van der Waals surface area contributed by atoms with Gasteiger partial charge in [0, 0.05) is 5.88 Å². The molecule has 0 aliphatic carbocycles. The largest absolute Gasteiger partial charge is 0.415 e. The van der Waals surface area contributed by atoms with Gasteiger partial charge in [-0.1, -0.05) is 0 Å². The normalized spacial score (nSPS) is 15.6. The van der Waals surface area contributed by atoms with Gasteiger partial charge in [-0.3, -0.25) is 0 Å². The molecule has 0 heterocycles. The average molecular weight is 255 g/mol. The zero-order chi connectivity index (χ0) is 11.4. The Morgan fingerprint density at radius 1 is 1.00 bits per heavy atom. The van der Waals surface area contributed by atoms with E-state index in [1.807, 2.05) is 0 Å². The Morgan fingerprint density at radius 2 is 1.50 bits per heavy atom. The van der Waals surface area contributed by atoms with Crippen LogP contribution < -0.4 is 0 Å². The van der Waals surface area contributed by atoms with Crippen LogP contribution in [0.15, 0.2) is 0 Å². The lowest BCUT2D eigenvalue weighted by Gasteiger charge is -2.27. The molecule has 0 aliphatic heterocycles. The molecule has 1 unspecified atom stereocenters. The molecule has 0 saturated carbocycles. The van der Waals surface area contributed by atoms with E-state index >= 15 is 0 Å². The Bertz CT molecular complexity index is 163. The van der Waals surface area contributed by atoms with Crippen molar-refractivity contribution in [2.45, 2.75) is 45.4 Å². The molecule has 0 aromatic heterocycles. The molecule has 0 amide bonds. The number of hydrogen-bond acceptors (Lipinski definition) is 2. The van der Waals surface area contributed by atoms with Gasteiger partial charge in [0.05, 0.1) is 12.7 Å². The lowest BCUT2D eigenvalue weighted by molar-refractivity contribution is 0.136. The van der Waals surface area contributed by atoms with Gasteiger partial charge in [-0.15, -0.1) is 11.6 Å². The summed E-state index contributed by atoms with van der Waals surface area (Å²) in [5, 5.41) is 0. The molecule has 0 fully saturated rings. The summed E-state index contributed by atoms with van der Waals surface area (Å²) < 4.78 is 11.7. The first-order valence-electron chi connectivity index (χ1n) is 5.02. The van der Waals surface area contributed by atoms with E-state index in [4.69, 9.17) is 20.5 Å². The van der Waals surface area contributed by atoms with Gasteiger partial charge in [0.2, 0.25) is 0 Å². The average Bonchev–Trinajstić information content (AvgIpc) is 1.94. The van der Waals surface area contributed by atoms with Gasteiger partial charge in [0.15, 0.2) is 16.6 Å². The first-order valence-corrected chi connectivity index (χ1v) is 12.4. The molecule has 1 atom stereocenters. The van der Waals surface area contributed by atoms with E-state index in [9.17, 15) is 0 Å². The standard InChI is InChI=1S/C9H23ClO2Si2/c1-13(2,3)11-8-9(7-10)12-14(4,5)6/h9H,7-8H2,1-6H3. The van der Waals surface area contributed by atoms with E-state index in [-0.39, 0.29) is 6.10 Å². The summed E-state index contributed by atoms with van der Waals surface area (Å²) in [6, 6.07) is 0. The van der Waals surface area contributed by atoms with Crippen molar-refractivity contribution in [3.63, 3.8) is 0 Å². The molecule has 0 saturated heterocycles. The third kappa shape index (κ3) is 9.21. The fourth-order valence-electron chi connectivity index (χ4n) is 0.953. The second kappa shape index (κ2) is 5.65. The monoisotopic (exact) mass is 254 g/mol. The van der Waals surface area contributed by atoms with Crippen LogP contribution in [0, 0.1) is 0 Å². The minimum Gasteiger partial charge on any atom is -0.415 e. The smallest absolute Gasteiger partial charge is 0.184 e. The molecule has 0 spiro atoms. The van der Waals surface area contributed by atoms with Crippen molar-refractivity contribution in [2.75, 3.05) is 12.5 Å². The quantitative estimate of drug-likeness (QED) is 0.535. The maximum absolute atomic E-state index is 5.89. The number of alkyl halides is 1. The molecule has 0 aromatic rings. The van der Waals surface area contributed by atoms with Crippen LogP contribution in [0.1, 0.15) is 0 Å². The first kappa shape index (κ1) is 14.6. The highest BCUT2D eigenvalue weighted by Crippen LogP contribution is 2.11. The highest BCUT2D eigenvalue weighted by atomic mass is 35.5. The van der Waals surface area contributed by atoms with Crippen LogP contribution in [-0.4, -0.2) is 35.2 Å². The van der Waals surface area contributed by atoms with Crippen molar-refractivity contribution >= 4 is 28.2 Å². The Kier molecular flexibility index (Phi) is 5.91. The first-order chi connectivity index (χ1) is 6.14. The van der Waals surface area contributed by atoms with Gasteiger partial charge in [0.1, 0.15) is 0 Å². The summed E-state index contributed by atoms with van der Waals surface area (Å²) in [5.41, 5.74) is 0. The second-order valence-electron chi connectivity index (χ2n) is 5.43. The maximum atomic E-state index is 5.89. The van der Waals surface area contributed by atoms with Gasteiger partial charge in [0.25, 0.3) is 0 Å².